The summed E-state index contributed by atoms with van der Waals surface area (Å²) in [4.78, 5) is 36.0. The van der Waals surface area contributed by atoms with E-state index in [-0.39, 0.29) is 17.0 Å². The van der Waals surface area contributed by atoms with Gasteiger partial charge in [0.25, 0.3) is 5.56 Å². The number of fused-ring (bicyclic) bond motifs is 1. The lowest BCUT2D eigenvalue weighted by Gasteiger charge is -2.31. The lowest BCUT2D eigenvalue weighted by Crippen LogP contribution is -2.47. The molecule has 0 radical (unpaired) electrons. The first-order valence-corrected chi connectivity index (χ1v) is 7.93. The van der Waals surface area contributed by atoms with Crippen LogP contribution in [0.15, 0.2) is 16.9 Å². The zero-order valence-electron chi connectivity index (χ0n) is 14.5. The SMILES string of the molecule is COC(=O)c1cc2n(c(=O)c1)CC(C(N)C(=O)OC(C)(C)C)CC2. The summed E-state index contributed by atoms with van der Waals surface area (Å²) in [5, 5.41) is 0. The van der Waals surface area contributed by atoms with Crippen molar-refractivity contribution in [3.63, 3.8) is 0 Å². The average molecular weight is 336 g/mol. The number of rotatable bonds is 3. The quantitative estimate of drug-likeness (QED) is 0.822. The first-order chi connectivity index (χ1) is 11.1. The summed E-state index contributed by atoms with van der Waals surface area (Å²) in [5.74, 6) is -1.19. The number of nitrogens with two attached hydrogens (primary N) is 1. The number of hydrogen-bond donors (Lipinski definition) is 1. The number of hydrogen-bond acceptors (Lipinski definition) is 6. The number of nitrogens with zero attached hydrogens (tertiary/aromatic N) is 1. The number of ether oxygens (including phenoxy) is 2. The molecule has 1 aliphatic rings. The second-order valence-electron chi connectivity index (χ2n) is 7.03. The van der Waals surface area contributed by atoms with Crippen LogP contribution in [0.3, 0.4) is 0 Å². The van der Waals surface area contributed by atoms with Crippen LogP contribution in [0.2, 0.25) is 0 Å². The van der Waals surface area contributed by atoms with E-state index in [9.17, 15) is 14.4 Å². The van der Waals surface area contributed by atoms with Gasteiger partial charge in [-0.3, -0.25) is 9.59 Å². The molecule has 1 aromatic rings. The minimum Gasteiger partial charge on any atom is -0.465 e. The van der Waals surface area contributed by atoms with Crippen LogP contribution in [0.5, 0.6) is 0 Å². The molecule has 2 atom stereocenters. The van der Waals surface area contributed by atoms with Gasteiger partial charge in [0.1, 0.15) is 11.6 Å². The molecular weight excluding hydrogens is 312 g/mol. The lowest BCUT2D eigenvalue weighted by molar-refractivity contribution is -0.158. The van der Waals surface area contributed by atoms with Gasteiger partial charge >= 0.3 is 11.9 Å². The fourth-order valence-corrected chi connectivity index (χ4v) is 2.82. The number of esters is 2. The molecule has 0 bridgehead atoms. The highest BCUT2D eigenvalue weighted by atomic mass is 16.6. The fraction of sp³-hybridized carbons (Fsp3) is 0.588. The third kappa shape index (κ3) is 4.03. The van der Waals surface area contributed by atoms with E-state index in [2.05, 4.69) is 4.74 Å². The molecule has 0 aromatic carbocycles. The molecule has 1 aliphatic heterocycles. The van der Waals surface area contributed by atoms with Crippen molar-refractivity contribution in [2.75, 3.05) is 7.11 Å². The van der Waals surface area contributed by atoms with E-state index >= 15 is 0 Å². The number of pyridine rings is 1. The molecule has 24 heavy (non-hydrogen) atoms. The lowest BCUT2D eigenvalue weighted by atomic mass is 9.90. The van der Waals surface area contributed by atoms with Crippen LogP contribution in [0.4, 0.5) is 0 Å². The van der Waals surface area contributed by atoms with Gasteiger partial charge in [-0.2, -0.15) is 0 Å². The van der Waals surface area contributed by atoms with Gasteiger partial charge in [-0.05, 0) is 39.7 Å². The Bertz CT molecular complexity index is 702. The second kappa shape index (κ2) is 6.76. The van der Waals surface area contributed by atoms with Crippen molar-refractivity contribution in [1.82, 2.24) is 4.57 Å². The van der Waals surface area contributed by atoms with Crippen molar-refractivity contribution >= 4 is 11.9 Å². The largest absolute Gasteiger partial charge is 0.465 e. The molecule has 1 aromatic heterocycles. The Hall–Kier alpha value is -2.15. The van der Waals surface area contributed by atoms with Crippen molar-refractivity contribution in [2.45, 2.75) is 51.8 Å². The Morgan fingerprint density at radius 2 is 2.00 bits per heavy atom. The minimum atomic E-state index is -0.787. The van der Waals surface area contributed by atoms with Crippen LogP contribution in [-0.2, 0) is 27.2 Å². The predicted octanol–water partition coefficient (Wildman–Crippen LogP) is 0.866. The third-order valence-electron chi connectivity index (χ3n) is 4.01. The average Bonchev–Trinajstić information content (AvgIpc) is 2.51. The molecule has 0 aliphatic carbocycles. The topological polar surface area (TPSA) is 101 Å². The van der Waals surface area contributed by atoms with Gasteiger partial charge in [0, 0.05) is 24.2 Å². The predicted molar refractivity (Wildman–Crippen MR) is 87.7 cm³/mol. The molecule has 0 saturated heterocycles. The van der Waals surface area contributed by atoms with E-state index in [1.807, 2.05) is 0 Å². The molecule has 0 fully saturated rings. The number of aromatic nitrogens is 1. The summed E-state index contributed by atoms with van der Waals surface area (Å²) in [7, 11) is 1.27. The summed E-state index contributed by atoms with van der Waals surface area (Å²) >= 11 is 0. The van der Waals surface area contributed by atoms with Crippen molar-refractivity contribution in [3.05, 3.63) is 33.7 Å². The minimum absolute atomic E-state index is 0.186. The van der Waals surface area contributed by atoms with Crippen LogP contribution in [0.1, 0.15) is 43.2 Å². The van der Waals surface area contributed by atoms with Gasteiger partial charge in [-0.1, -0.05) is 0 Å². The molecule has 0 saturated carbocycles. The van der Waals surface area contributed by atoms with Gasteiger partial charge in [-0.25, -0.2) is 4.79 Å². The van der Waals surface area contributed by atoms with Crippen molar-refractivity contribution in [1.29, 1.82) is 0 Å². The summed E-state index contributed by atoms with van der Waals surface area (Å²) in [5.41, 5.74) is 6.13. The van der Waals surface area contributed by atoms with E-state index in [1.165, 1.54) is 13.2 Å². The molecule has 132 valence electrons. The van der Waals surface area contributed by atoms with Crippen LogP contribution < -0.4 is 11.3 Å². The normalized spacial score (nSPS) is 18.5. The maximum atomic E-state index is 12.3. The summed E-state index contributed by atoms with van der Waals surface area (Å²) < 4.78 is 11.5. The number of methoxy groups -OCH3 is 1. The zero-order valence-corrected chi connectivity index (χ0v) is 14.5. The summed E-state index contributed by atoms with van der Waals surface area (Å²) in [6.45, 7) is 5.68. The molecule has 0 spiro atoms. The van der Waals surface area contributed by atoms with Crippen LogP contribution in [0.25, 0.3) is 0 Å². The van der Waals surface area contributed by atoms with Gasteiger partial charge < -0.3 is 19.8 Å². The summed E-state index contributed by atoms with van der Waals surface area (Å²) in [6.07, 6.45) is 1.20. The van der Waals surface area contributed by atoms with Gasteiger partial charge in [0.05, 0.1) is 12.7 Å². The Balaban J connectivity index is 2.19. The number of aryl methyl sites for hydroxylation is 1. The van der Waals surface area contributed by atoms with Gasteiger partial charge in [0.2, 0.25) is 0 Å². The van der Waals surface area contributed by atoms with E-state index in [0.29, 0.717) is 19.4 Å². The van der Waals surface area contributed by atoms with Crippen LogP contribution >= 0.6 is 0 Å². The molecule has 2 N–H and O–H groups in total. The van der Waals surface area contributed by atoms with Crippen LogP contribution in [0, 0.1) is 5.92 Å². The maximum Gasteiger partial charge on any atom is 0.338 e. The molecule has 2 heterocycles. The second-order valence-corrected chi connectivity index (χ2v) is 7.03. The van der Waals surface area contributed by atoms with E-state index in [4.69, 9.17) is 10.5 Å². The molecule has 2 rings (SSSR count). The monoisotopic (exact) mass is 336 g/mol. The highest BCUT2D eigenvalue weighted by molar-refractivity contribution is 5.89. The molecule has 7 nitrogen and oxygen atoms in total. The highest BCUT2D eigenvalue weighted by Gasteiger charge is 2.32. The van der Waals surface area contributed by atoms with Gasteiger partial charge in [-0.15, -0.1) is 0 Å². The van der Waals surface area contributed by atoms with Crippen molar-refractivity contribution in [2.24, 2.45) is 11.7 Å². The molecular formula is C17H24N2O5. The zero-order chi connectivity index (χ0) is 18.1. The highest BCUT2D eigenvalue weighted by Crippen LogP contribution is 2.23. The third-order valence-corrected chi connectivity index (χ3v) is 4.01. The van der Waals surface area contributed by atoms with E-state index in [1.54, 1.807) is 31.4 Å². The fourth-order valence-electron chi connectivity index (χ4n) is 2.82. The Morgan fingerprint density at radius 1 is 1.33 bits per heavy atom. The first kappa shape index (κ1) is 18.2. The van der Waals surface area contributed by atoms with Crippen molar-refractivity contribution < 1.29 is 19.1 Å². The molecule has 2 unspecified atom stereocenters. The van der Waals surface area contributed by atoms with Crippen LogP contribution in [-0.4, -0.2) is 35.3 Å². The van der Waals surface area contributed by atoms with Gasteiger partial charge in [0.15, 0.2) is 0 Å². The van der Waals surface area contributed by atoms with Crippen molar-refractivity contribution in [3.8, 4) is 0 Å². The smallest absolute Gasteiger partial charge is 0.338 e. The van der Waals surface area contributed by atoms with E-state index in [0.717, 1.165) is 5.69 Å². The summed E-state index contributed by atoms with van der Waals surface area (Å²) in [6, 6.07) is 2.11. The molecule has 7 heteroatoms. The standard InChI is InChI=1S/C17H24N2O5/c1-17(2,3)24-16(22)14(18)10-5-6-12-7-11(15(21)23-4)8-13(20)19(12)9-10/h7-8,10,14H,5-6,9,18H2,1-4H3. The van der Waals surface area contributed by atoms with E-state index < -0.39 is 23.6 Å². The maximum absolute atomic E-state index is 12.3. The number of carbonyl (C=O) groups excluding carboxylic acids is 2. The number of carbonyl (C=O) groups is 2. The molecule has 0 amide bonds. The Morgan fingerprint density at radius 3 is 2.58 bits per heavy atom. The Labute approximate surface area is 140 Å². The Kier molecular flexibility index (Phi) is 5.13. The first-order valence-electron chi connectivity index (χ1n) is 7.93.